The number of hydrogen-bond acceptors (Lipinski definition) is 0. The lowest BCUT2D eigenvalue weighted by Gasteiger charge is -2.37. The van der Waals surface area contributed by atoms with E-state index >= 15 is 0 Å². The van der Waals surface area contributed by atoms with Crippen LogP contribution in [0.4, 0.5) is 17.6 Å². The summed E-state index contributed by atoms with van der Waals surface area (Å²) in [6.45, 7) is 2.29. The SMILES string of the molecule is CCCC1CCC(C2CCC(C#CC3CCC(C(F)=CC(F)(F)F)CC3)CC2)CC1. The van der Waals surface area contributed by atoms with E-state index in [1.54, 1.807) is 0 Å². The molecule has 0 aromatic carbocycles. The highest BCUT2D eigenvalue weighted by molar-refractivity contribution is 5.11. The summed E-state index contributed by atoms with van der Waals surface area (Å²) in [5.41, 5.74) is 0. The summed E-state index contributed by atoms with van der Waals surface area (Å²) in [4.78, 5) is 0. The average Bonchev–Trinajstić information content (AvgIpc) is 2.73. The van der Waals surface area contributed by atoms with Crippen LogP contribution in [0.5, 0.6) is 0 Å². The highest BCUT2D eigenvalue weighted by atomic mass is 19.4. The van der Waals surface area contributed by atoms with Gasteiger partial charge >= 0.3 is 6.18 Å². The van der Waals surface area contributed by atoms with Gasteiger partial charge in [-0.25, -0.2) is 4.39 Å². The summed E-state index contributed by atoms with van der Waals surface area (Å²) in [7, 11) is 0. The van der Waals surface area contributed by atoms with E-state index in [-0.39, 0.29) is 12.0 Å². The fourth-order valence-electron chi connectivity index (χ4n) is 6.11. The molecule has 4 heteroatoms. The first-order valence-corrected chi connectivity index (χ1v) is 12.3. The molecule has 0 aliphatic heterocycles. The Morgan fingerprint density at radius 3 is 1.70 bits per heavy atom. The third kappa shape index (κ3) is 7.31. The Morgan fingerprint density at radius 1 is 0.767 bits per heavy atom. The standard InChI is InChI=1S/C26H38F4/c1-2-3-19-6-12-22(13-7-19)23-14-8-20(9-15-23)4-5-21-10-16-24(17-11-21)25(27)18-26(28,29)30/h18-24H,2-3,6-17H2,1H3. The van der Waals surface area contributed by atoms with Gasteiger partial charge in [0, 0.05) is 17.8 Å². The van der Waals surface area contributed by atoms with Gasteiger partial charge in [0.2, 0.25) is 0 Å². The van der Waals surface area contributed by atoms with Crippen LogP contribution in [0.15, 0.2) is 11.9 Å². The van der Waals surface area contributed by atoms with E-state index in [2.05, 4.69) is 18.8 Å². The van der Waals surface area contributed by atoms with Gasteiger partial charge in [-0.05, 0) is 82.0 Å². The first-order chi connectivity index (χ1) is 14.3. The van der Waals surface area contributed by atoms with Crippen molar-refractivity contribution in [1.82, 2.24) is 0 Å². The minimum atomic E-state index is -4.56. The fourth-order valence-corrected chi connectivity index (χ4v) is 6.11. The first-order valence-electron chi connectivity index (χ1n) is 12.3. The van der Waals surface area contributed by atoms with Crippen molar-refractivity contribution in [1.29, 1.82) is 0 Å². The van der Waals surface area contributed by atoms with E-state index in [4.69, 9.17) is 0 Å². The van der Waals surface area contributed by atoms with Crippen LogP contribution in [0.1, 0.15) is 96.8 Å². The molecule has 0 N–H and O–H groups in total. The van der Waals surface area contributed by atoms with Gasteiger partial charge in [0.1, 0.15) is 5.83 Å². The van der Waals surface area contributed by atoms with Crippen LogP contribution in [0.25, 0.3) is 0 Å². The van der Waals surface area contributed by atoms with Crippen molar-refractivity contribution in [3.63, 3.8) is 0 Å². The maximum atomic E-state index is 13.7. The van der Waals surface area contributed by atoms with Gasteiger partial charge in [-0.2, -0.15) is 13.2 Å². The lowest BCUT2D eigenvalue weighted by molar-refractivity contribution is -0.0820. The van der Waals surface area contributed by atoms with Crippen molar-refractivity contribution in [3.05, 3.63) is 11.9 Å². The Hall–Kier alpha value is -0.980. The molecule has 0 bridgehead atoms. The van der Waals surface area contributed by atoms with Gasteiger partial charge in [0.05, 0.1) is 6.08 Å². The Morgan fingerprint density at radius 2 is 1.23 bits per heavy atom. The smallest absolute Gasteiger partial charge is 0.212 e. The molecule has 0 atom stereocenters. The Balaban J connectivity index is 1.37. The highest BCUT2D eigenvalue weighted by Crippen LogP contribution is 2.42. The molecule has 3 saturated carbocycles. The molecule has 3 rings (SSSR count). The zero-order valence-corrected chi connectivity index (χ0v) is 18.5. The lowest BCUT2D eigenvalue weighted by atomic mass is 9.69. The topological polar surface area (TPSA) is 0 Å². The highest BCUT2D eigenvalue weighted by Gasteiger charge is 2.31. The quantitative estimate of drug-likeness (QED) is 0.312. The summed E-state index contributed by atoms with van der Waals surface area (Å²) in [5, 5.41) is 0. The molecule has 3 fully saturated rings. The predicted octanol–water partition coefficient (Wildman–Crippen LogP) is 8.62. The Bertz CT molecular complexity index is 599. The van der Waals surface area contributed by atoms with Crippen molar-refractivity contribution >= 4 is 0 Å². The van der Waals surface area contributed by atoms with Crippen molar-refractivity contribution in [2.45, 2.75) is 103 Å². The van der Waals surface area contributed by atoms with E-state index in [1.807, 2.05) is 0 Å². The minimum Gasteiger partial charge on any atom is -0.212 e. The third-order valence-electron chi connectivity index (χ3n) is 7.94. The van der Waals surface area contributed by atoms with Crippen molar-refractivity contribution in [2.24, 2.45) is 35.5 Å². The van der Waals surface area contributed by atoms with Crippen LogP contribution in [-0.4, -0.2) is 6.18 Å². The molecule has 0 aromatic heterocycles. The second-order valence-electron chi connectivity index (χ2n) is 10.1. The second-order valence-corrected chi connectivity index (χ2v) is 10.1. The van der Waals surface area contributed by atoms with Crippen LogP contribution in [-0.2, 0) is 0 Å². The van der Waals surface area contributed by atoms with Crippen LogP contribution in [0.2, 0.25) is 0 Å². The molecule has 3 aliphatic rings. The molecule has 0 heterocycles. The van der Waals surface area contributed by atoms with Gasteiger partial charge < -0.3 is 0 Å². The van der Waals surface area contributed by atoms with Crippen LogP contribution in [0.3, 0.4) is 0 Å². The number of halogens is 4. The van der Waals surface area contributed by atoms with Crippen LogP contribution >= 0.6 is 0 Å². The third-order valence-corrected chi connectivity index (χ3v) is 7.94. The first kappa shape index (κ1) is 23.7. The molecule has 0 spiro atoms. The molecule has 0 radical (unpaired) electrons. The monoisotopic (exact) mass is 426 g/mol. The van der Waals surface area contributed by atoms with Gasteiger partial charge in [0.25, 0.3) is 0 Å². The molecule has 0 saturated heterocycles. The summed E-state index contributed by atoms with van der Waals surface area (Å²) in [5.74, 6) is 8.81. The molecular weight excluding hydrogens is 388 g/mol. The number of alkyl halides is 3. The van der Waals surface area contributed by atoms with E-state index < -0.39 is 17.9 Å². The number of allylic oxidation sites excluding steroid dienone is 2. The van der Waals surface area contributed by atoms with Gasteiger partial charge in [-0.3, -0.25) is 0 Å². The molecule has 0 unspecified atom stereocenters. The lowest BCUT2D eigenvalue weighted by Crippen LogP contribution is -2.25. The molecule has 0 nitrogen and oxygen atoms in total. The van der Waals surface area contributed by atoms with E-state index in [9.17, 15) is 17.6 Å². The maximum Gasteiger partial charge on any atom is 0.412 e. The average molecular weight is 427 g/mol. The van der Waals surface area contributed by atoms with Crippen molar-refractivity contribution < 1.29 is 17.6 Å². The van der Waals surface area contributed by atoms with E-state index in [0.717, 1.165) is 17.8 Å². The Labute approximate surface area is 180 Å². The second kappa shape index (κ2) is 11.1. The normalized spacial score (nSPS) is 36.1. The van der Waals surface area contributed by atoms with Gasteiger partial charge in [-0.1, -0.05) is 44.4 Å². The van der Waals surface area contributed by atoms with Crippen molar-refractivity contribution in [3.8, 4) is 11.8 Å². The number of rotatable bonds is 4. The molecular formula is C26H38F4. The molecule has 30 heavy (non-hydrogen) atoms. The summed E-state index contributed by atoms with van der Waals surface area (Å²) in [6.07, 6.45) is 11.1. The van der Waals surface area contributed by atoms with Crippen LogP contribution in [0, 0.1) is 47.3 Å². The summed E-state index contributed by atoms with van der Waals surface area (Å²) >= 11 is 0. The fraction of sp³-hybridized carbons (Fsp3) is 0.846. The number of hydrogen-bond donors (Lipinski definition) is 0. The van der Waals surface area contributed by atoms with Gasteiger partial charge in [0.15, 0.2) is 0 Å². The van der Waals surface area contributed by atoms with E-state index in [1.165, 1.54) is 64.2 Å². The van der Waals surface area contributed by atoms with E-state index in [0.29, 0.717) is 31.6 Å². The Kier molecular flexibility index (Phi) is 8.72. The summed E-state index contributed by atoms with van der Waals surface area (Å²) < 4.78 is 50.7. The predicted molar refractivity (Wildman–Crippen MR) is 114 cm³/mol. The van der Waals surface area contributed by atoms with Crippen molar-refractivity contribution in [2.75, 3.05) is 0 Å². The molecule has 3 aliphatic carbocycles. The molecule has 0 aromatic rings. The maximum absolute atomic E-state index is 13.7. The zero-order valence-electron chi connectivity index (χ0n) is 18.5. The minimum absolute atomic E-state index is 0.168. The largest absolute Gasteiger partial charge is 0.412 e. The van der Waals surface area contributed by atoms with Gasteiger partial charge in [-0.15, -0.1) is 0 Å². The zero-order chi connectivity index (χ0) is 21.6. The summed E-state index contributed by atoms with van der Waals surface area (Å²) in [6, 6.07) is 0. The molecule has 170 valence electrons. The van der Waals surface area contributed by atoms with Crippen LogP contribution < -0.4 is 0 Å². The molecule has 0 amide bonds.